The molecule has 1 atom stereocenters. The molecule has 0 aliphatic carbocycles. The maximum absolute atomic E-state index is 5.44. The van der Waals surface area contributed by atoms with Crippen molar-refractivity contribution in [1.29, 1.82) is 0 Å². The van der Waals surface area contributed by atoms with Crippen molar-refractivity contribution < 1.29 is 9.47 Å². The van der Waals surface area contributed by atoms with E-state index in [2.05, 4.69) is 10.3 Å². The molecule has 1 aromatic rings. The van der Waals surface area contributed by atoms with E-state index in [0.717, 1.165) is 25.4 Å². The molecule has 0 radical (unpaired) electrons. The van der Waals surface area contributed by atoms with E-state index < -0.39 is 0 Å². The molecule has 1 aromatic heterocycles. The molecule has 4 nitrogen and oxygen atoms in total. The molecule has 0 amide bonds. The summed E-state index contributed by atoms with van der Waals surface area (Å²) in [6.45, 7) is 2.74. The highest BCUT2D eigenvalue weighted by Crippen LogP contribution is 2.17. The summed E-state index contributed by atoms with van der Waals surface area (Å²) >= 11 is 0. The molecule has 2 heterocycles. The molecule has 1 unspecified atom stereocenters. The second-order valence-corrected chi connectivity index (χ2v) is 4.05. The molecule has 1 aliphatic rings. The summed E-state index contributed by atoms with van der Waals surface area (Å²) in [5.41, 5.74) is 1.05. The summed E-state index contributed by atoms with van der Waals surface area (Å²) in [4.78, 5) is 4.07. The Kier molecular flexibility index (Phi) is 3.99. The van der Waals surface area contributed by atoms with Gasteiger partial charge < -0.3 is 14.8 Å². The first-order chi connectivity index (χ1) is 7.88. The van der Waals surface area contributed by atoms with E-state index in [4.69, 9.17) is 9.47 Å². The minimum Gasteiger partial charge on any atom is -0.481 e. The number of nitrogens with zero attached hydrogens (tertiary/aromatic N) is 1. The van der Waals surface area contributed by atoms with E-state index in [1.807, 2.05) is 12.1 Å². The van der Waals surface area contributed by atoms with Crippen molar-refractivity contribution in [2.24, 2.45) is 5.92 Å². The van der Waals surface area contributed by atoms with Gasteiger partial charge in [-0.15, -0.1) is 0 Å². The first kappa shape index (κ1) is 11.2. The maximum Gasteiger partial charge on any atom is 0.214 e. The molecule has 1 saturated heterocycles. The Morgan fingerprint density at radius 1 is 1.62 bits per heavy atom. The molecular formula is C12H18N2O2. The standard InChI is InChI=1S/C12H18N2O2/c1-15-12-7-11(4-5-13-12)14-8-10-3-2-6-16-9-10/h4-5,7,10H,2-3,6,8-9H2,1H3,(H,13,14). The van der Waals surface area contributed by atoms with Crippen LogP contribution in [0, 0.1) is 5.92 Å². The molecule has 1 N–H and O–H groups in total. The van der Waals surface area contributed by atoms with Crippen LogP contribution < -0.4 is 10.1 Å². The lowest BCUT2D eigenvalue weighted by Gasteiger charge is -2.22. The van der Waals surface area contributed by atoms with Crippen LogP contribution >= 0.6 is 0 Å². The minimum atomic E-state index is 0.618. The molecule has 0 aromatic carbocycles. The van der Waals surface area contributed by atoms with Gasteiger partial charge in [0.15, 0.2) is 0 Å². The molecule has 0 saturated carbocycles. The van der Waals surface area contributed by atoms with Crippen LogP contribution in [0.25, 0.3) is 0 Å². The van der Waals surface area contributed by atoms with Gasteiger partial charge in [-0.1, -0.05) is 0 Å². The Balaban J connectivity index is 1.83. The summed E-state index contributed by atoms with van der Waals surface area (Å²) in [5, 5.41) is 3.39. The molecular weight excluding hydrogens is 204 g/mol. The summed E-state index contributed by atoms with van der Waals surface area (Å²) in [5.74, 6) is 1.26. The fraction of sp³-hybridized carbons (Fsp3) is 0.583. The van der Waals surface area contributed by atoms with Crippen molar-refractivity contribution in [1.82, 2.24) is 4.98 Å². The molecule has 0 spiro atoms. The predicted molar refractivity (Wildman–Crippen MR) is 62.8 cm³/mol. The van der Waals surface area contributed by atoms with Crippen LogP contribution in [0.5, 0.6) is 5.88 Å². The molecule has 88 valence electrons. The number of pyridine rings is 1. The summed E-state index contributed by atoms with van der Waals surface area (Å²) < 4.78 is 10.5. The van der Waals surface area contributed by atoms with E-state index in [1.54, 1.807) is 13.3 Å². The molecule has 4 heteroatoms. The van der Waals surface area contributed by atoms with Gasteiger partial charge in [-0.05, 0) is 24.8 Å². The Morgan fingerprint density at radius 3 is 3.31 bits per heavy atom. The Bertz CT molecular complexity index is 325. The van der Waals surface area contributed by atoms with Crippen molar-refractivity contribution in [3.05, 3.63) is 18.3 Å². The zero-order valence-electron chi connectivity index (χ0n) is 9.61. The average Bonchev–Trinajstić information content (AvgIpc) is 2.38. The number of rotatable bonds is 4. The quantitative estimate of drug-likeness (QED) is 0.845. The van der Waals surface area contributed by atoms with E-state index in [1.165, 1.54) is 12.8 Å². The number of anilines is 1. The number of aromatic nitrogens is 1. The van der Waals surface area contributed by atoms with Crippen molar-refractivity contribution in [3.8, 4) is 5.88 Å². The van der Waals surface area contributed by atoms with Gasteiger partial charge in [0.05, 0.1) is 13.7 Å². The van der Waals surface area contributed by atoms with Gasteiger partial charge in [0.2, 0.25) is 5.88 Å². The van der Waals surface area contributed by atoms with Crippen LogP contribution in [0.2, 0.25) is 0 Å². The van der Waals surface area contributed by atoms with Gasteiger partial charge in [-0.25, -0.2) is 4.98 Å². The smallest absolute Gasteiger partial charge is 0.214 e. The molecule has 2 rings (SSSR count). The van der Waals surface area contributed by atoms with E-state index in [0.29, 0.717) is 11.8 Å². The first-order valence-electron chi connectivity index (χ1n) is 5.70. The van der Waals surface area contributed by atoms with E-state index in [9.17, 15) is 0 Å². The predicted octanol–water partition coefficient (Wildman–Crippen LogP) is 1.93. The lowest BCUT2D eigenvalue weighted by Crippen LogP contribution is -2.24. The van der Waals surface area contributed by atoms with Crippen molar-refractivity contribution >= 4 is 5.69 Å². The topological polar surface area (TPSA) is 43.4 Å². The van der Waals surface area contributed by atoms with Crippen LogP contribution in [0.1, 0.15) is 12.8 Å². The third-order valence-corrected chi connectivity index (χ3v) is 2.79. The second-order valence-electron chi connectivity index (χ2n) is 4.05. The SMILES string of the molecule is COc1cc(NCC2CCCOC2)ccn1. The summed E-state index contributed by atoms with van der Waals surface area (Å²) in [7, 11) is 1.63. The van der Waals surface area contributed by atoms with E-state index in [-0.39, 0.29) is 0 Å². The molecule has 1 aliphatic heterocycles. The third-order valence-electron chi connectivity index (χ3n) is 2.79. The van der Waals surface area contributed by atoms with Crippen LogP contribution in [-0.4, -0.2) is 31.9 Å². The first-order valence-corrected chi connectivity index (χ1v) is 5.70. The van der Waals surface area contributed by atoms with Gasteiger partial charge in [-0.3, -0.25) is 0 Å². The zero-order valence-corrected chi connectivity index (χ0v) is 9.61. The van der Waals surface area contributed by atoms with Gasteiger partial charge >= 0.3 is 0 Å². The van der Waals surface area contributed by atoms with Crippen molar-refractivity contribution in [2.45, 2.75) is 12.8 Å². The lowest BCUT2D eigenvalue weighted by molar-refractivity contribution is 0.0595. The second kappa shape index (κ2) is 5.70. The average molecular weight is 222 g/mol. The Morgan fingerprint density at radius 2 is 2.56 bits per heavy atom. The van der Waals surface area contributed by atoms with Crippen molar-refractivity contribution in [3.63, 3.8) is 0 Å². The maximum atomic E-state index is 5.44. The van der Waals surface area contributed by atoms with Gasteiger partial charge in [0, 0.05) is 31.1 Å². The van der Waals surface area contributed by atoms with Gasteiger partial charge in [0.25, 0.3) is 0 Å². The van der Waals surface area contributed by atoms with Gasteiger partial charge in [0.1, 0.15) is 0 Å². The van der Waals surface area contributed by atoms with E-state index >= 15 is 0 Å². The fourth-order valence-electron chi connectivity index (χ4n) is 1.86. The van der Waals surface area contributed by atoms with Crippen LogP contribution in [-0.2, 0) is 4.74 Å². The summed E-state index contributed by atoms with van der Waals surface area (Å²) in [6.07, 6.45) is 4.17. The highest BCUT2D eigenvalue weighted by molar-refractivity contribution is 5.44. The number of ether oxygens (including phenoxy) is 2. The Labute approximate surface area is 96.0 Å². The molecule has 0 bridgehead atoms. The minimum absolute atomic E-state index is 0.618. The largest absolute Gasteiger partial charge is 0.481 e. The molecule has 1 fully saturated rings. The number of hydrogen-bond acceptors (Lipinski definition) is 4. The summed E-state index contributed by atoms with van der Waals surface area (Å²) in [6, 6.07) is 3.86. The highest BCUT2D eigenvalue weighted by Gasteiger charge is 2.13. The normalized spacial score (nSPS) is 20.4. The number of methoxy groups -OCH3 is 1. The fourth-order valence-corrected chi connectivity index (χ4v) is 1.86. The third kappa shape index (κ3) is 3.10. The van der Waals surface area contributed by atoms with Crippen LogP contribution in [0.4, 0.5) is 5.69 Å². The molecule has 16 heavy (non-hydrogen) atoms. The van der Waals surface area contributed by atoms with Crippen molar-refractivity contribution in [2.75, 3.05) is 32.2 Å². The number of hydrogen-bond donors (Lipinski definition) is 1. The monoisotopic (exact) mass is 222 g/mol. The lowest BCUT2D eigenvalue weighted by atomic mass is 10.0. The highest BCUT2D eigenvalue weighted by atomic mass is 16.5. The van der Waals surface area contributed by atoms with Gasteiger partial charge in [-0.2, -0.15) is 0 Å². The van der Waals surface area contributed by atoms with Crippen LogP contribution in [0.15, 0.2) is 18.3 Å². The number of nitrogens with one attached hydrogen (secondary N) is 1. The zero-order chi connectivity index (χ0) is 11.2. The van der Waals surface area contributed by atoms with Crippen LogP contribution in [0.3, 0.4) is 0 Å². The Hall–Kier alpha value is -1.29.